The molecule has 2 N–H and O–H groups in total. The quantitative estimate of drug-likeness (QED) is 0.242. The van der Waals surface area contributed by atoms with Crippen molar-refractivity contribution >= 4 is 29.9 Å². The summed E-state index contributed by atoms with van der Waals surface area (Å²) in [6, 6.07) is 8.20. The number of aromatic nitrogens is 3. The Balaban J connectivity index is 0.00000341. The number of aryl methyl sites for hydroxylation is 3. The third-order valence-electron chi connectivity index (χ3n) is 4.95. The second-order valence-electron chi connectivity index (χ2n) is 6.91. The van der Waals surface area contributed by atoms with Crippen molar-refractivity contribution in [2.45, 2.75) is 53.0 Å². The predicted octanol–water partition coefficient (Wildman–Crippen LogP) is 3.94. The molecule has 0 saturated heterocycles. The number of nitrogens with zero attached hydrogens (tertiary/aromatic N) is 4. The van der Waals surface area contributed by atoms with E-state index in [4.69, 9.17) is 9.05 Å². The first-order valence-corrected chi connectivity index (χ1v) is 10.5. The molecule has 0 aliphatic rings. The molecule has 3 aromatic rings. The van der Waals surface area contributed by atoms with E-state index in [9.17, 15) is 0 Å². The van der Waals surface area contributed by atoms with E-state index >= 15 is 0 Å². The smallest absolute Gasteiger partial charge is 0.257 e. The van der Waals surface area contributed by atoms with Crippen LogP contribution in [-0.2, 0) is 32.2 Å². The number of nitrogens with one attached hydrogen (secondary N) is 2. The van der Waals surface area contributed by atoms with Gasteiger partial charge in [-0.15, -0.1) is 24.0 Å². The maximum absolute atomic E-state index is 5.42. The third-order valence-corrected chi connectivity index (χ3v) is 4.95. The highest BCUT2D eigenvalue weighted by molar-refractivity contribution is 14.0. The van der Waals surface area contributed by atoms with Crippen molar-refractivity contribution in [1.29, 1.82) is 0 Å². The van der Waals surface area contributed by atoms with Crippen LogP contribution in [0.15, 0.2) is 38.3 Å². The molecule has 9 heteroatoms. The van der Waals surface area contributed by atoms with Crippen LogP contribution in [0.1, 0.15) is 49.2 Å². The van der Waals surface area contributed by atoms with E-state index in [0.29, 0.717) is 12.4 Å². The van der Waals surface area contributed by atoms with Gasteiger partial charge in [-0.2, -0.15) is 4.98 Å². The molecule has 3 rings (SSSR count). The minimum Gasteiger partial charge on any atom is -0.361 e. The van der Waals surface area contributed by atoms with E-state index in [1.165, 1.54) is 5.56 Å². The maximum Gasteiger partial charge on any atom is 0.257 e. The molecule has 0 atom stereocenters. The van der Waals surface area contributed by atoms with Gasteiger partial charge in [0.05, 0.1) is 5.69 Å². The number of benzene rings is 1. The van der Waals surface area contributed by atoms with Gasteiger partial charge in [-0.05, 0) is 30.5 Å². The van der Waals surface area contributed by atoms with E-state index in [2.05, 4.69) is 56.9 Å². The number of aliphatic imine (C=N–C) groups is 1. The summed E-state index contributed by atoms with van der Waals surface area (Å²) < 4.78 is 10.7. The molecular formula is C22H31IN6O2. The first-order valence-electron chi connectivity index (χ1n) is 10.5. The van der Waals surface area contributed by atoms with Crippen molar-refractivity contribution in [1.82, 2.24) is 25.9 Å². The van der Waals surface area contributed by atoms with E-state index in [1.807, 2.05) is 19.1 Å². The fraction of sp³-hybridized carbons (Fsp3) is 0.455. The molecule has 0 aliphatic heterocycles. The van der Waals surface area contributed by atoms with Crippen LogP contribution in [0.5, 0.6) is 0 Å². The Morgan fingerprint density at radius 2 is 1.74 bits per heavy atom. The van der Waals surface area contributed by atoms with Crippen molar-refractivity contribution in [3.63, 3.8) is 0 Å². The van der Waals surface area contributed by atoms with Crippen LogP contribution in [0, 0.1) is 0 Å². The zero-order valence-corrected chi connectivity index (χ0v) is 20.9. The number of guanidine groups is 1. The molecule has 0 saturated carbocycles. The Morgan fingerprint density at radius 1 is 0.968 bits per heavy atom. The van der Waals surface area contributed by atoms with Crippen molar-refractivity contribution < 1.29 is 9.05 Å². The average Bonchev–Trinajstić information content (AvgIpc) is 3.43. The first-order chi connectivity index (χ1) is 14.7. The van der Waals surface area contributed by atoms with Crippen LogP contribution in [0.4, 0.5) is 0 Å². The van der Waals surface area contributed by atoms with Gasteiger partial charge in [0.25, 0.3) is 5.89 Å². The summed E-state index contributed by atoms with van der Waals surface area (Å²) in [5.41, 5.74) is 4.29. The average molecular weight is 538 g/mol. The van der Waals surface area contributed by atoms with E-state index in [0.717, 1.165) is 66.6 Å². The molecule has 0 aliphatic carbocycles. The fourth-order valence-corrected chi connectivity index (χ4v) is 3.18. The lowest BCUT2D eigenvalue weighted by Gasteiger charge is -2.12. The van der Waals surface area contributed by atoms with E-state index in [1.54, 1.807) is 7.05 Å². The zero-order valence-electron chi connectivity index (χ0n) is 18.6. The minimum absolute atomic E-state index is 0. The van der Waals surface area contributed by atoms with Gasteiger partial charge >= 0.3 is 0 Å². The fourth-order valence-electron chi connectivity index (χ4n) is 3.18. The highest BCUT2D eigenvalue weighted by atomic mass is 127. The Bertz CT molecular complexity index is 943. The van der Waals surface area contributed by atoms with Crippen molar-refractivity contribution in [3.05, 3.63) is 52.7 Å². The highest BCUT2D eigenvalue weighted by Gasteiger charge is 2.13. The van der Waals surface area contributed by atoms with Gasteiger partial charge in [0.1, 0.15) is 5.76 Å². The zero-order chi connectivity index (χ0) is 21.3. The third kappa shape index (κ3) is 6.52. The van der Waals surface area contributed by atoms with Crippen LogP contribution >= 0.6 is 24.0 Å². The van der Waals surface area contributed by atoms with Gasteiger partial charge in [-0.1, -0.05) is 43.2 Å². The number of hydrogen-bond acceptors (Lipinski definition) is 6. The van der Waals surface area contributed by atoms with Gasteiger partial charge in [0.2, 0.25) is 0 Å². The lowest BCUT2D eigenvalue weighted by atomic mass is 10.1. The molecule has 0 spiro atoms. The minimum atomic E-state index is 0. The Kier molecular flexibility index (Phi) is 9.96. The number of rotatable bonds is 9. The molecule has 1 aromatic carbocycles. The Labute approximate surface area is 200 Å². The number of halogens is 1. The summed E-state index contributed by atoms with van der Waals surface area (Å²) >= 11 is 0. The predicted molar refractivity (Wildman–Crippen MR) is 132 cm³/mol. The van der Waals surface area contributed by atoms with Gasteiger partial charge in [0.15, 0.2) is 11.8 Å². The Hall–Kier alpha value is -2.43. The standard InChI is InChI=1S/C22H30N6O2.HI/c1-5-18-17(19(6-2)29-27-18)14-25-22(23-4)24-13-12-15-8-10-16(11-9-15)21-26-20(7-3)28-30-21;/h8-11H,5-7,12-14H2,1-4H3,(H2,23,24,25);1H. The van der Waals surface area contributed by atoms with Crippen LogP contribution in [0.25, 0.3) is 11.5 Å². The summed E-state index contributed by atoms with van der Waals surface area (Å²) in [5.74, 6) is 2.98. The van der Waals surface area contributed by atoms with Gasteiger partial charge in [-0.25, -0.2) is 0 Å². The molecule has 0 unspecified atom stereocenters. The lowest BCUT2D eigenvalue weighted by molar-refractivity contribution is 0.380. The molecular weight excluding hydrogens is 507 g/mol. The molecule has 0 amide bonds. The molecule has 2 heterocycles. The molecule has 2 aromatic heterocycles. The number of hydrogen-bond donors (Lipinski definition) is 2. The normalized spacial score (nSPS) is 11.3. The second-order valence-corrected chi connectivity index (χ2v) is 6.91. The summed E-state index contributed by atoms with van der Waals surface area (Å²) in [4.78, 5) is 8.68. The van der Waals surface area contributed by atoms with E-state index < -0.39 is 0 Å². The summed E-state index contributed by atoms with van der Waals surface area (Å²) in [5, 5.41) is 14.8. The monoisotopic (exact) mass is 538 g/mol. The molecule has 8 nitrogen and oxygen atoms in total. The van der Waals surface area contributed by atoms with Crippen LogP contribution in [0.2, 0.25) is 0 Å². The highest BCUT2D eigenvalue weighted by Crippen LogP contribution is 2.18. The van der Waals surface area contributed by atoms with Crippen molar-refractivity contribution in [3.8, 4) is 11.5 Å². The van der Waals surface area contributed by atoms with Crippen LogP contribution < -0.4 is 10.6 Å². The largest absolute Gasteiger partial charge is 0.361 e. The second kappa shape index (κ2) is 12.4. The molecule has 0 fully saturated rings. The Morgan fingerprint density at radius 3 is 2.35 bits per heavy atom. The van der Waals surface area contributed by atoms with Gasteiger partial charge in [0, 0.05) is 44.1 Å². The summed E-state index contributed by atoms with van der Waals surface area (Å²) in [6.45, 7) is 7.58. The first kappa shape index (κ1) is 24.8. The molecule has 168 valence electrons. The van der Waals surface area contributed by atoms with Crippen LogP contribution in [0.3, 0.4) is 0 Å². The molecule has 0 bridgehead atoms. The van der Waals surface area contributed by atoms with Gasteiger partial charge in [-0.3, -0.25) is 4.99 Å². The maximum atomic E-state index is 5.42. The van der Waals surface area contributed by atoms with Crippen molar-refractivity contribution in [2.75, 3.05) is 13.6 Å². The summed E-state index contributed by atoms with van der Waals surface area (Å²) in [7, 11) is 1.77. The molecule has 31 heavy (non-hydrogen) atoms. The SMILES string of the molecule is CCc1noc(-c2ccc(CCNC(=NC)NCc3c(CC)noc3CC)cc2)n1.I. The lowest BCUT2D eigenvalue weighted by Crippen LogP contribution is -2.38. The van der Waals surface area contributed by atoms with E-state index in [-0.39, 0.29) is 24.0 Å². The summed E-state index contributed by atoms with van der Waals surface area (Å²) in [6.07, 6.45) is 3.32. The van der Waals surface area contributed by atoms with Crippen molar-refractivity contribution in [2.24, 2.45) is 4.99 Å². The topological polar surface area (TPSA) is 101 Å². The molecule has 0 radical (unpaired) electrons. The van der Waals surface area contributed by atoms with Gasteiger partial charge < -0.3 is 19.7 Å². The van der Waals surface area contributed by atoms with Crippen LogP contribution in [-0.4, -0.2) is 34.8 Å².